The van der Waals surface area contributed by atoms with Gasteiger partial charge in [0.1, 0.15) is 5.75 Å². The monoisotopic (exact) mass is 415 g/mol. The topological polar surface area (TPSA) is 61.9 Å². The Labute approximate surface area is 176 Å². The first kappa shape index (κ1) is 21.1. The van der Waals surface area contributed by atoms with Crippen molar-refractivity contribution in [2.75, 3.05) is 38.0 Å². The molecule has 2 aromatic carbocycles. The Morgan fingerprint density at radius 1 is 1.10 bits per heavy atom. The van der Waals surface area contributed by atoms with E-state index in [0.717, 1.165) is 5.56 Å². The summed E-state index contributed by atoms with van der Waals surface area (Å²) in [6.07, 6.45) is -0.549. The van der Waals surface area contributed by atoms with E-state index in [1.54, 1.807) is 24.0 Å². The number of carbonyl (C=O) groups is 2. The molecule has 3 rings (SSSR count). The van der Waals surface area contributed by atoms with Gasteiger partial charge in [0, 0.05) is 26.2 Å². The first-order valence-corrected chi connectivity index (χ1v) is 10.1. The highest BCUT2D eigenvalue weighted by Crippen LogP contribution is 2.20. The maximum absolute atomic E-state index is 12.7. The molecule has 0 saturated carbocycles. The summed E-state index contributed by atoms with van der Waals surface area (Å²) in [6.45, 7) is 6.44. The number of nitrogens with one attached hydrogen (secondary N) is 1. The summed E-state index contributed by atoms with van der Waals surface area (Å²) in [4.78, 5) is 28.8. The summed E-state index contributed by atoms with van der Waals surface area (Å²) >= 11 is 6.08. The molecule has 1 aliphatic rings. The van der Waals surface area contributed by atoms with Crippen LogP contribution in [0, 0.1) is 6.92 Å². The van der Waals surface area contributed by atoms with Gasteiger partial charge in [0.15, 0.2) is 6.10 Å². The Kier molecular flexibility index (Phi) is 7.12. The smallest absolute Gasteiger partial charge is 0.263 e. The fourth-order valence-electron chi connectivity index (χ4n) is 3.28. The number of rotatable bonds is 6. The van der Waals surface area contributed by atoms with E-state index >= 15 is 0 Å². The molecule has 1 heterocycles. The van der Waals surface area contributed by atoms with Gasteiger partial charge in [-0.25, -0.2) is 0 Å². The fourth-order valence-corrected chi connectivity index (χ4v) is 3.47. The molecule has 29 heavy (non-hydrogen) atoms. The van der Waals surface area contributed by atoms with Gasteiger partial charge in [-0.3, -0.25) is 14.5 Å². The van der Waals surface area contributed by atoms with Gasteiger partial charge in [-0.15, -0.1) is 0 Å². The molecule has 0 aliphatic carbocycles. The normalized spacial score (nSPS) is 15.6. The Balaban J connectivity index is 1.45. The second-order valence-corrected chi connectivity index (χ2v) is 7.61. The van der Waals surface area contributed by atoms with Crippen molar-refractivity contribution in [1.82, 2.24) is 9.80 Å². The van der Waals surface area contributed by atoms with Crippen LogP contribution in [0.2, 0.25) is 5.02 Å². The Hall–Kier alpha value is -2.57. The SMILES string of the molecule is Cc1cccc(O[C@H](C)C(=O)N2CCN(CC(=O)Nc3ccccc3Cl)CC2)c1. The molecular formula is C22H26ClN3O3. The number of amides is 2. The lowest BCUT2D eigenvalue weighted by atomic mass is 10.2. The van der Waals surface area contributed by atoms with Crippen LogP contribution < -0.4 is 10.1 Å². The lowest BCUT2D eigenvalue weighted by Crippen LogP contribution is -2.53. The summed E-state index contributed by atoms with van der Waals surface area (Å²) in [5, 5.41) is 3.34. The van der Waals surface area contributed by atoms with Crippen molar-refractivity contribution in [3.8, 4) is 5.75 Å². The minimum absolute atomic E-state index is 0.0355. The van der Waals surface area contributed by atoms with Gasteiger partial charge in [0.25, 0.3) is 5.91 Å². The number of ether oxygens (including phenoxy) is 1. The van der Waals surface area contributed by atoms with Crippen molar-refractivity contribution in [3.05, 3.63) is 59.1 Å². The number of benzene rings is 2. The minimum atomic E-state index is -0.549. The molecule has 0 bridgehead atoms. The van der Waals surface area contributed by atoms with E-state index < -0.39 is 6.10 Å². The fraction of sp³-hybridized carbons (Fsp3) is 0.364. The van der Waals surface area contributed by atoms with Gasteiger partial charge in [-0.1, -0.05) is 35.9 Å². The lowest BCUT2D eigenvalue weighted by molar-refractivity contribution is -0.139. The summed E-state index contributed by atoms with van der Waals surface area (Å²) in [7, 11) is 0. The number of piperazine rings is 1. The standard InChI is InChI=1S/C22H26ClN3O3/c1-16-6-5-7-18(14-16)29-17(2)22(28)26-12-10-25(11-13-26)15-21(27)24-20-9-4-3-8-19(20)23/h3-9,14,17H,10-13,15H2,1-2H3,(H,24,27)/t17-/m1/s1. The van der Waals surface area contributed by atoms with Gasteiger partial charge >= 0.3 is 0 Å². The van der Waals surface area contributed by atoms with Crippen molar-refractivity contribution >= 4 is 29.1 Å². The number of hydrogen-bond acceptors (Lipinski definition) is 4. The molecule has 1 N–H and O–H groups in total. The second kappa shape index (κ2) is 9.76. The van der Waals surface area contributed by atoms with E-state index in [4.69, 9.17) is 16.3 Å². The molecule has 1 aliphatic heterocycles. The lowest BCUT2D eigenvalue weighted by Gasteiger charge is -2.35. The Morgan fingerprint density at radius 3 is 2.52 bits per heavy atom. The molecule has 6 nitrogen and oxygen atoms in total. The van der Waals surface area contributed by atoms with E-state index in [-0.39, 0.29) is 18.4 Å². The van der Waals surface area contributed by atoms with Crippen LogP contribution in [-0.4, -0.2) is 60.4 Å². The van der Waals surface area contributed by atoms with Crippen LogP contribution in [0.1, 0.15) is 12.5 Å². The summed E-state index contributed by atoms with van der Waals surface area (Å²) in [5.74, 6) is 0.543. The van der Waals surface area contributed by atoms with Crippen LogP contribution in [0.4, 0.5) is 5.69 Å². The number of anilines is 1. The van der Waals surface area contributed by atoms with Crippen molar-refractivity contribution in [2.45, 2.75) is 20.0 Å². The first-order chi connectivity index (χ1) is 13.9. The number of nitrogens with zero attached hydrogens (tertiary/aromatic N) is 2. The molecule has 0 unspecified atom stereocenters. The summed E-state index contributed by atoms with van der Waals surface area (Å²) in [5.41, 5.74) is 1.70. The van der Waals surface area contributed by atoms with Gasteiger partial charge in [-0.05, 0) is 43.7 Å². The molecule has 154 valence electrons. The molecule has 0 aromatic heterocycles. The van der Waals surface area contributed by atoms with E-state index in [1.807, 2.05) is 48.2 Å². The maximum Gasteiger partial charge on any atom is 0.263 e. The predicted octanol–water partition coefficient (Wildman–Crippen LogP) is 3.20. The van der Waals surface area contributed by atoms with Crippen molar-refractivity contribution in [2.24, 2.45) is 0 Å². The third-order valence-corrected chi connectivity index (χ3v) is 5.18. The zero-order valence-electron chi connectivity index (χ0n) is 16.7. The van der Waals surface area contributed by atoms with Gasteiger partial charge < -0.3 is 15.0 Å². The highest BCUT2D eigenvalue weighted by Gasteiger charge is 2.26. The van der Waals surface area contributed by atoms with Crippen molar-refractivity contribution < 1.29 is 14.3 Å². The van der Waals surface area contributed by atoms with Gasteiger partial charge in [-0.2, -0.15) is 0 Å². The number of carbonyl (C=O) groups excluding carboxylic acids is 2. The average Bonchev–Trinajstić information content (AvgIpc) is 2.70. The van der Waals surface area contributed by atoms with Crippen molar-refractivity contribution in [3.63, 3.8) is 0 Å². The predicted molar refractivity (Wildman–Crippen MR) is 114 cm³/mol. The van der Waals surface area contributed by atoms with E-state index in [2.05, 4.69) is 5.32 Å². The Morgan fingerprint density at radius 2 is 1.83 bits per heavy atom. The minimum Gasteiger partial charge on any atom is -0.481 e. The zero-order chi connectivity index (χ0) is 20.8. The average molecular weight is 416 g/mol. The van der Waals surface area contributed by atoms with E-state index in [9.17, 15) is 9.59 Å². The van der Waals surface area contributed by atoms with Crippen LogP contribution in [0.15, 0.2) is 48.5 Å². The largest absolute Gasteiger partial charge is 0.481 e. The third-order valence-electron chi connectivity index (χ3n) is 4.85. The van der Waals surface area contributed by atoms with Gasteiger partial charge in [0.05, 0.1) is 17.3 Å². The Bertz CT molecular complexity index is 866. The number of halogens is 1. The molecule has 1 fully saturated rings. The van der Waals surface area contributed by atoms with Crippen LogP contribution in [0.25, 0.3) is 0 Å². The molecular weight excluding hydrogens is 390 g/mol. The van der Waals surface area contributed by atoms with Crippen LogP contribution in [-0.2, 0) is 9.59 Å². The molecule has 1 saturated heterocycles. The third kappa shape index (κ3) is 5.95. The highest BCUT2D eigenvalue weighted by molar-refractivity contribution is 6.33. The molecule has 2 aromatic rings. The number of para-hydroxylation sites is 1. The second-order valence-electron chi connectivity index (χ2n) is 7.21. The molecule has 7 heteroatoms. The van der Waals surface area contributed by atoms with Crippen molar-refractivity contribution in [1.29, 1.82) is 0 Å². The zero-order valence-corrected chi connectivity index (χ0v) is 17.5. The van der Waals surface area contributed by atoms with E-state index in [1.165, 1.54) is 0 Å². The van der Waals surface area contributed by atoms with Crippen LogP contribution >= 0.6 is 11.6 Å². The summed E-state index contributed by atoms with van der Waals surface area (Å²) < 4.78 is 5.80. The van der Waals surface area contributed by atoms with Crippen LogP contribution in [0.3, 0.4) is 0 Å². The quantitative estimate of drug-likeness (QED) is 0.787. The number of hydrogen-bond donors (Lipinski definition) is 1. The summed E-state index contributed by atoms with van der Waals surface area (Å²) in [6, 6.07) is 14.8. The maximum atomic E-state index is 12.7. The van der Waals surface area contributed by atoms with Crippen LogP contribution in [0.5, 0.6) is 5.75 Å². The van der Waals surface area contributed by atoms with Gasteiger partial charge in [0.2, 0.25) is 5.91 Å². The van der Waals surface area contributed by atoms with E-state index in [0.29, 0.717) is 42.6 Å². The molecule has 0 radical (unpaired) electrons. The molecule has 0 spiro atoms. The molecule has 2 amide bonds. The highest BCUT2D eigenvalue weighted by atomic mass is 35.5. The molecule has 1 atom stereocenters. The first-order valence-electron chi connectivity index (χ1n) is 9.71. The number of aryl methyl sites for hydroxylation is 1.